The van der Waals surface area contributed by atoms with E-state index in [1.54, 1.807) is 0 Å². The van der Waals surface area contributed by atoms with Crippen molar-refractivity contribution in [2.24, 2.45) is 16.7 Å². The molecule has 0 amide bonds. The summed E-state index contributed by atoms with van der Waals surface area (Å²) >= 11 is 0. The molecule has 2 saturated carbocycles. The fourth-order valence-corrected chi connectivity index (χ4v) is 4.16. The van der Waals surface area contributed by atoms with Crippen molar-refractivity contribution in [3.05, 3.63) is 0 Å². The Balaban J connectivity index is 1.91. The number of aliphatic carboxylic acids is 1. The van der Waals surface area contributed by atoms with Gasteiger partial charge in [-0.05, 0) is 31.6 Å². The number of carbonyl (C=O) groups is 1. The van der Waals surface area contributed by atoms with Gasteiger partial charge in [-0.3, -0.25) is 4.79 Å². The van der Waals surface area contributed by atoms with E-state index in [1.807, 2.05) is 0 Å². The van der Waals surface area contributed by atoms with Crippen molar-refractivity contribution in [3.8, 4) is 0 Å². The number of hydrogen-bond acceptors (Lipinski definition) is 2. The summed E-state index contributed by atoms with van der Waals surface area (Å²) in [5, 5.41) is 9.59. The first-order chi connectivity index (χ1) is 7.71. The van der Waals surface area contributed by atoms with Crippen LogP contribution >= 0.6 is 0 Å². The Morgan fingerprint density at radius 3 is 2.06 bits per heavy atom. The summed E-state index contributed by atoms with van der Waals surface area (Å²) < 4.78 is 5.42. The minimum Gasteiger partial charge on any atom is -0.481 e. The monoisotopic (exact) mass is 224 g/mol. The minimum absolute atomic E-state index is 0.00637. The van der Waals surface area contributed by atoms with Gasteiger partial charge in [-0.1, -0.05) is 19.3 Å². The van der Waals surface area contributed by atoms with Crippen molar-refractivity contribution in [2.45, 2.75) is 44.9 Å². The Labute approximate surface area is 96.2 Å². The van der Waals surface area contributed by atoms with E-state index in [9.17, 15) is 9.90 Å². The summed E-state index contributed by atoms with van der Waals surface area (Å²) in [5.74, 6) is 0.0478. The summed E-state index contributed by atoms with van der Waals surface area (Å²) in [4.78, 5) is 11.6. The van der Waals surface area contributed by atoms with Gasteiger partial charge in [-0.15, -0.1) is 0 Å². The van der Waals surface area contributed by atoms with Gasteiger partial charge in [0.15, 0.2) is 0 Å². The van der Waals surface area contributed by atoms with E-state index in [1.165, 1.54) is 25.7 Å². The van der Waals surface area contributed by atoms with Crippen molar-refractivity contribution in [3.63, 3.8) is 0 Å². The Kier molecular flexibility index (Phi) is 2.29. The van der Waals surface area contributed by atoms with Crippen LogP contribution in [0.5, 0.6) is 0 Å². The smallest absolute Gasteiger partial charge is 0.310 e. The van der Waals surface area contributed by atoms with Crippen LogP contribution in [-0.4, -0.2) is 24.3 Å². The van der Waals surface area contributed by atoms with Gasteiger partial charge in [0.25, 0.3) is 0 Å². The van der Waals surface area contributed by atoms with Crippen LogP contribution in [0.2, 0.25) is 0 Å². The highest BCUT2D eigenvalue weighted by atomic mass is 16.5. The molecule has 3 fully saturated rings. The van der Waals surface area contributed by atoms with Gasteiger partial charge in [0.2, 0.25) is 0 Å². The lowest BCUT2D eigenvalue weighted by atomic mass is 9.47. The molecule has 3 heteroatoms. The van der Waals surface area contributed by atoms with E-state index in [4.69, 9.17) is 4.74 Å². The molecule has 1 saturated heterocycles. The molecule has 0 aromatic heterocycles. The normalized spacial score (nSPS) is 31.8. The maximum atomic E-state index is 11.6. The van der Waals surface area contributed by atoms with Crippen LogP contribution in [-0.2, 0) is 9.53 Å². The zero-order valence-electron chi connectivity index (χ0n) is 9.71. The molecular formula is C13H20O3. The number of carboxylic acid groups (broad SMARTS) is 1. The quantitative estimate of drug-likeness (QED) is 0.801. The summed E-state index contributed by atoms with van der Waals surface area (Å²) in [6, 6.07) is 0. The number of carboxylic acids is 1. The van der Waals surface area contributed by atoms with E-state index in [0.717, 1.165) is 19.3 Å². The predicted molar refractivity (Wildman–Crippen MR) is 59.1 cm³/mol. The van der Waals surface area contributed by atoms with Crippen LogP contribution in [0.3, 0.4) is 0 Å². The largest absolute Gasteiger partial charge is 0.481 e. The fraction of sp³-hybridized carbons (Fsp3) is 0.923. The lowest BCUT2D eigenvalue weighted by Crippen LogP contribution is -2.64. The molecule has 0 radical (unpaired) electrons. The van der Waals surface area contributed by atoms with Crippen LogP contribution in [0.25, 0.3) is 0 Å². The molecular weight excluding hydrogens is 204 g/mol. The molecule has 2 aliphatic carbocycles. The zero-order valence-corrected chi connectivity index (χ0v) is 9.71. The first kappa shape index (κ1) is 10.6. The van der Waals surface area contributed by atoms with Crippen LogP contribution in [0, 0.1) is 16.7 Å². The highest BCUT2D eigenvalue weighted by Gasteiger charge is 2.66. The third-order valence-electron chi connectivity index (χ3n) is 5.43. The maximum Gasteiger partial charge on any atom is 0.310 e. The Morgan fingerprint density at radius 1 is 1.12 bits per heavy atom. The summed E-state index contributed by atoms with van der Waals surface area (Å²) in [5.41, 5.74) is -0.437. The van der Waals surface area contributed by atoms with Crippen LogP contribution < -0.4 is 0 Å². The number of hydrogen-bond donors (Lipinski definition) is 1. The molecule has 1 heterocycles. The Hall–Kier alpha value is -0.570. The zero-order chi connectivity index (χ0) is 11.2. The molecule has 3 nitrogen and oxygen atoms in total. The molecule has 0 unspecified atom stereocenters. The van der Waals surface area contributed by atoms with Gasteiger partial charge in [0.05, 0.1) is 18.6 Å². The maximum absolute atomic E-state index is 11.6. The van der Waals surface area contributed by atoms with E-state index < -0.39 is 11.4 Å². The molecule has 1 aliphatic heterocycles. The molecule has 90 valence electrons. The number of rotatable bonds is 3. The second kappa shape index (κ2) is 3.46. The van der Waals surface area contributed by atoms with Gasteiger partial charge in [0.1, 0.15) is 0 Å². The third-order valence-corrected chi connectivity index (χ3v) is 5.43. The van der Waals surface area contributed by atoms with E-state index >= 15 is 0 Å². The molecule has 0 atom stereocenters. The first-order valence-corrected chi connectivity index (χ1v) is 6.52. The lowest BCUT2D eigenvalue weighted by Gasteiger charge is -2.60. The van der Waals surface area contributed by atoms with E-state index in [0.29, 0.717) is 19.1 Å². The SMILES string of the molecule is O=C(O)C1(C2(C3CCCC3)COC2)CCC1. The third kappa shape index (κ3) is 1.10. The fourth-order valence-electron chi connectivity index (χ4n) is 4.16. The average molecular weight is 224 g/mol. The molecule has 1 N–H and O–H groups in total. The van der Waals surface area contributed by atoms with Crippen LogP contribution in [0.1, 0.15) is 44.9 Å². The highest BCUT2D eigenvalue weighted by Crippen LogP contribution is 2.63. The molecule has 0 spiro atoms. The van der Waals surface area contributed by atoms with Gasteiger partial charge < -0.3 is 9.84 Å². The van der Waals surface area contributed by atoms with Crippen LogP contribution in [0.15, 0.2) is 0 Å². The minimum atomic E-state index is -0.561. The second-order valence-corrected chi connectivity index (χ2v) is 5.87. The topological polar surface area (TPSA) is 46.5 Å². The van der Waals surface area contributed by atoms with Crippen molar-refractivity contribution in [1.82, 2.24) is 0 Å². The molecule has 16 heavy (non-hydrogen) atoms. The van der Waals surface area contributed by atoms with Gasteiger partial charge in [-0.25, -0.2) is 0 Å². The Morgan fingerprint density at radius 2 is 1.75 bits per heavy atom. The van der Waals surface area contributed by atoms with Crippen molar-refractivity contribution in [2.75, 3.05) is 13.2 Å². The molecule has 3 rings (SSSR count). The summed E-state index contributed by atoms with van der Waals surface area (Å²) in [7, 11) is 0. The molecule has 0 aromatic rings. The van der Waals surface area contributed by atoms with Crippen molar-refractivity contribution in [1.29, 1.82) is 0 Å². The first-order valence-electron chi connectivity index (χ1n) is 6.52. The van der Waals surface area contributed by atoms with E-state index in [2.05, 4.69) is 0 Å². The lowest BCUT2D eigenvalue weighted by molar-refractivity contribution is -0.243. The summed E-state index contributed by atoms with van der Waals surface area (Å²) in [6.07, 6.45) is 7.84. The van der Waals surface area contributed by atoms with Crippen molar-refractivity contribution < 1.29 is 14.6 Å². The Bertz CT molecular complexity index is 296. The second-order valence-electron chi connectivity index (χ2n) is 5.87. The van der Waals surface area contributed by atoms with Crippen LogP contribution in [0.4, 0.5) is 0 Å². The predicted octanol–water partition coefficient (Wildman–Crippen LogP) is 2.45. The van der Waals surface area contributed by atoms with Crippen molar-refractivity contribution >= 4 is 5.97 Å². The molecule has 0 aromatic carbocycles. The molecule has 3 aliphatic rings. The standard InChI is InChI=1S/C13H20O3/c14-11(15)12(6-3-7-12)13(8-16-9-13)10-4-1-2-5-10/h10H,1-9H2,(H,14,15). The highest BCUT2D eigenvalue weighted by molar-refractivity contribution is 5.77. The van der Waals surface area contributed by atoms with E-state index in [-0.39, 0.29) is 5.41 Å². The van der Waals surface area contributed by atoms with Gasteiger partial charge >= 0.3 is 5.97 Å². The summed E-state index contributed by atoms with van der Waals surface area (Å²) in [6.45, 7) is 1.40. The molecule has 0 bridgehead atoms. The van der Waals surface area contributed by atoms with Gasteiger partial charge in [-0.2, -0.15) is 0 Å². The average Bonchev–Trinajstić information content (AvgIpc) is 2.59. The van der Waals surface area contributed by atoms with Gasteiger partial charge in [0, 0.05) is 5.41 Å². The number of ether oxygens (including phenoxy) is 1.